The minimum atomic E-state index is -1.30. The summed E-state index contributed by atoms with van der Waals surface area (Å²) in [6, 6.07) is -0.0822. The molecule has 3 unspecified atom stereocenters. The normalized spacial score (nSPS) is 38.6. The molecule has 1 amide bonds. The maximum Gasteiger partial charge on any atom is 0.237 e. The van der Waals surface area contributed by atoms with Crippen LogP contribution in [0.5, 0.6) is 0 Å². The van der Waals surface area contributed by atoms with E-state index in [-0.39, 0.29) is 17.9 Å². The van der Waals surface area contributed by atoms with Crippen molar-refractivity contribution in [2.24, 2.45) is 11.8 Å². The van der Waals surface area contributed by atoms with E-state index in [0.717, 1.165) is 25.8 Å². The highest BCUT2D eigenvalue weighted by Crippen LogP contribution is 2.35. The number of aliphatic hydroxyl groups is 3. The van der Waals surface area contributed by atoms with Crippen molar-refractivity contribution in [2.75, 3.05) is 12.8 Å². The number of amides is 1. The summed E-state index contributed by atoms with van der Waals surface area (Å²) in [5.74, 6) is 0.689. The maximum atomic E-state index is 13.5. The van der Waals surface area contributed by atoms with Gasteiger partial charge in [0.05, 0.1) is 12.1 Å². The number of aliphatic hydroxyl groups excluding tert-OH is 3. The molecule has 8 atom stereocenters. The number of hydrogen-bond donors (Lipinski definition) is 4. The monoisotopic (exact) mass is 458 g/mol. The lowest BCUT2D eigenvalue weighted by molar-refractivity contribution is -0.208. The van der Waals surface area contributed by atoms with Crippen molar-refractivity contribution in [3.63, 3.8) is 0 Å². The Labute approximate surface area is 191 Å². The van der Waals surface area contributed by atoms with E-state index in [4.69, 9.17) is 4.74 Å². The van der Waals surface area contributed by atoms with Crippen LogP contribution in [0.1, 0.15) is 65.7 Å². The van der Waals surface area contributed by atoms with Crippen molar-refractivity contribution in [3.8, 4) is 0 Å². The van der Waals surface area contributed by atoms with Crippen LogP contribution in [-0.4, -0.2) is 86.9 Å². The van der Waals surface area contributed by atoms with Crippen LogP contribution >= 0.6 is 11.8 Å². The Kier molecular flexibility index (Phi) is 9.09. The highest BCUT2D eigenvalue weighted by Gasteiger charge is 2.48. The summed E-state index contributed by atoms with van der Waals surface area (Å²) in [6.45, 7) is 7.16. The average Bonchev–Trinajstić information content (AvgIpc) is 3.58. The Hall–Kier alpha value is -0.380. The summed E-state index contributed by atoms with van der Waals surface area (Å²) in [7, 11) is 0. The number of likely N-dealkylation sites (tertiary alicyclic amines) is 1. The smallest absolute Gasteiger partial charge is 0.237 e. The van der Waals surface area contributed by atoms with Gasteiger partial charge < -0.3 is 25.4 Å². The van der Waals surface area contributed by atoms with Crippen molar-refractivity contribution >= 4 is 17.7 Å². The van der Waals surface area contributed by atoms with Crippen LogP contribution in [0.3, 0.4) is 0 Å². The SMILES string of the molecule is CCCC1CCC(C(=O)NC(C(C)C)[C@H]2O[C@H](SC)[C@H](O)[C@@H](O)[C@H]2O)N(C2CC2)CC1. The quantitative estimate of drug-likeness (QED) is 0.439. The van der Waals surface area contributed by atoms with Crippen LogP contribution in [0.15, 0.2) is 0 Å². The fraction of sp³-hybridized carbons (Fsp3) is 0.957. The summed E-state index contributed by atoms with van der Waals surface area (Å²) in [5.41, 5.74) is -0.641. The number of rotatable bonds is 8. The van der Waals surface area contributed by atoms with Crippen molar-refractivity contribution < 1.29 is 24.9 Å². The molecule has 3 fully saturated rings. The van der Waals surface area contributed by atoms with E-state index in [1.165, 1.54) is 37.4 Å². The van der Waals surface area contributed by atoms with Crippen LogP contribution in [0.4, 0.5) is 0 Å². The molecule has 2 heterocycles. The fourth-order valence-electron chi connectivity index (χ4n) is 5.27. The van der Waals surface area contributed by atoms with Crippen LogP contribution in [0.25, 0.3) is 0 Å². The third-order valence-electron chi connectivity index (χ3n) is 7.28. The predicted molar refractivity (Wildman–Crippen MR) is 123 cm³/mol. The molecular weight excluding hydrogens is 416 g/mol. The molecule has 0 spiro atoms. The molecule has 3 rings (SSSR count). The van der Waals surface area contributed by atoms with Crippen LogP contribution < -0.4 is 5.32 Å². The largest absolute Gasteiger partial charge is 0.388 e. The zero-order chi connectivity index (χ0) is 22.7. The lowest BCUT2D eigenvalue weighted by Crippen LogP contribution is -2.64. The van der Waals surface area contributed by atoms with Gasteiger partial charge in [0.1, 0.15) is 29.9 Å². The standard InChI is InChI=1S/C23H42N2O5S/c1-5-6-14-7-10-16(25(12-11-14)15-8-9-15)22(29)24-17(13(2)3)21-19(27)18(26)20(28)23(30-21)31-4/h13-21,23,26-28H,5-12H2,1-4H3,(H,24,29)/t14?,16?,17?,18-,19+,20+,21+,23+/m0/s1. The Morgan fingerprint density at radius 2 is 1.81 bits per heavy atom. The molecule has 2 aliphatic heterocycles. The molecule has 0 aromatic carbocycles. The molecule has 31 heavy (non-hydrogen) atoms. The van der Waals surface area contributed by atoms with Gasteiger partial charge in [-0.05, 0) is 56.7 Å². The first-order valence-electron chi connectivity index (χ1n) is 12.1. The maximum absolute atomic E-state index is 13.5. The predicted octanol–water partition coefficient (Wildman–Crippen LogP) is 1.73. The first-order valence-corrected chi connectivity index (χ1v) is 13.4. The average molecular weight is 459 g/mol. The van der Waals surface area contributed by atoms with Crippen molar-refractivity contribution in [3.05, 3.63) is 0 Å². The van der Waals surface area contributed by atoms with Crippen LogP contribution in [-0.2, 0) is 9.53 Å². The van der Waals surface area contributed by atoms with E-state index >= 15 is 0 Å². The van der Waals surface area contributed by atoms with Gasteiger partial charge in [0.15, 0.2) is 0 Å². The second-order valence-corrected chi connectivity index (χ2v) is 10.9. The third kappa shape index (κ3) is 5.95. The third-order valence-corrected chi connectivity index (χ3v) is 8.13. The molecule has 1 saturated carbocycles. The summed E-state index contributed by atoms with van der Waals surface area (Å²) < 4.78 is 5.98. The lowest BCUT2D eigenvalue weighted by Gasteiger charge is -2.44. The number of hydrogen-bond acceptors (Lipinski definition) is 7. The molecule has 0 bridgehead atoms. The number of carbonyl (C=O) groups excluding carboxylic acids is 1. The summed E-state index contributed by atoms with van der Waals surface area (Å²) in [4.78, 5) is 15.9. The van der Waals surface area contributed by atoms with E-state index in [2.05, 4.69) is 17.1 Å². The van der Waals surface area contributed by atoms with Crippen LogP contribution in [0, 0.1) is 11.8 Å². The number of carbonyl (C=O) groups is 1. The molecule has 7 nitrogen and oxygen atoms in total. The molecule has 8 heteroatoms. The van der Waals surface area contributed by atoms with Gasteiger partial charge in [0, 0.05) is 6.04 Å². The molecule has 0 aromatic heterocycles. The van der Waals surface area contributed by atoms with Gasteiger partial charge in [-0.3, -0.25) is 9.69 Å². The molecule has 180 valence electrons. The molecule has 0 aromatic rings. The topological polar surface area (TPSA) is 102 Å². The van der Waals surface area contributed by atoms with Gasteiger partial charge in [-0.2, -0.15) is 0 Å². The Morgan fingerprint density at radius 1 is 1.10 bits per heavy atom. The van der Waals surface area contributed by atoms with E-state index in [9.17, 15) is 20.1 Å². The van der Waals surface area contributed by atoms with Crippen molar-refractivity contribution in [1.82, 2.24) is 10.2 Å². The zero-order valence-corrected chi connectivity index (χ0v) is 20.3. The molecule has 1 aliphatic carbocycles. The van der Waals surface area contributed by atoms with Gasteiger partial charge >= 0.3 is 0 Å². The molecule has 4 N–H and O–H groups in total. The summed E-state index contributed by atoms with van der Waals surface area (Å²) >= 11 is 1.30. The highest BCUT2D eigenvalue weighted by atomic mass is 32.2. The molecular formula is C23H42N2O5S. The number of thioether (sulfide) groups is 1. The lowest BCUT2D eigenvalue weighted by atomic mass is 9.88. The van der Waals surface area contributed by atoms with E-state index in [0.29, 0.717) is 12.0 Å². The first-order chi connectivity index (χ1) is 14.8. The Bertz CT molecular complexity index is 588. The van der Waals surface area contributed by atoms with E-state index in [1.807, 2.05) is 13.8 Å². The van der Waals surface area contributed by atoms with Gasteiger partial charge in [-0.15, -0.1) is 11.8 Å². The molecule has 3 aliphatic rings. The molecule has 2 saturated heterocycles. The fourth-order valence-corrected chi connectivity index (χ4v) is 5.95. The van der Waals surface area contributed by atoms with Crippen molar-refractivity contribution in [2.45, 2.75) is 114 Å². The van der Waals surface area contributed by atoms with Gasteiger partial charge in [-0.25, -0.2) is 0 Å². The minimum Gasteiger partial charge on any atom is -0.388 e. The second-order valence-electron chi connectivity index (χ2n) is 9.96. The summed E-state index contributed by atoms with van der Waals surface area (Å²) in [5, 5.41) is 34.4. The Morgan fingerprint density at radius 3 is 2.39 bits per heavy atom. The first kappa shape index (κ1) is 25.2. The second kappa shape index (κ2) is 11.2. The van der Waals surface area contributed by atoms with Crippen LogP contribution in [0.2, 0.25) is 0 Å². The molecule has 0 radical (unpaired) electrons. The zero-order valence-electron chi connectivity index (χ0n) is 19.4. The minimum absolute atomic E-state index is 0.000128. The van der Waals surface area contributed by atoms with Gasteiger partial charge in [0.2, 0.25) is 5.91 Å². The Balaban J connectivity index is 1.73. The van der Waals surface area contributed by atoms with E-state index < -0.39 is 35.9 Å². The van der Waals surface area contributed by atoms with Gasteiger partial charge in [-0.1, -0.05) is 33.6 Å². The number of nitrogens with zero attached hydrogens (tertiary/aromatic N) is 1. The summed E-state index contributed by atoms with van der Waals surface area (Å²) in [6.07, 6.45) is 5.14. The van der Waals surface area contributed by atoms with Crippen molar-refractivity contribution in [1.29, 1.82) is 0 Å². The highest BCUT2D eigenvalue weighted by molar-refractivity contribution is 7.99. The number of nitrogens with one attached hydrogen (secondary N) is 1. The number of ether oxygens (including phenoxy) is 1. The van der Waals surface area contributed by atoms with Gasteiger partial charge in [0.25, 0.3) is 0 Å². The van der Waals surface area contributed by atoms with E-state index in [1.54, 1.807) is 6.26 Å².